The van der Waals surface area contributed by atoms with Crippen molar-refractivity contribution in [3.8, 4) is 0 Å². The van der Waals surface area contributed by atoms with Crippen LogP contribution in [0.4, 0.5) is 0 Å². The molecule has 2 N–H and O–H groups in total. The summed E-state index contributed by atoms with van der Waals surface area (Å²) < 4.78 is 0. The molecule has 0 spiro atoms. The van der Waals surface area contributed by atoms with E-state index < -0.39 is 5.60 Å². The van der Waals surface area contributed by atoms with Gasteiger partial charge in [-0.15, -0.1) is 11.3 Å². The van der Waals surface area contributed by atoms with Crippen molar-refractivity contribution < 1.29 is 9.90 Å². The first kappa shape index (κ1) is 16.9. The molecule has 24 heavy (non-hydrogen) atoms. The summed E-state index contributed by atoms with van der Waals surface area (Å²) in [5.74, 6) is -0.0918. The Bertz CT molecular complexity index is 760. The van der Waals surface area contributed by atoms with Crippen molar-refractivity contribution in [1.29, 1.82) is 0 Å². The van der Waals surface area contributed by atoms with E-state index in [1.165, 1.54) is 22.7 Å². The second kappa shape index (κ2) is 7.30. The van der Waals surface area contributed by atoms with E-state index in [9.17, 15) is 9.90 Å². The third-order valence-corrected chi connectivity index (χ3v) is 5.62. The van der Waals surface area contributed by atoms with E-state index >= 15 is 0 Å². The fraction of sp³-hybridized carbons (Fsp3) is 0.211. The molecule has 2 heterocycles. The Hall–Kier alpha value is -1.95. The van der Waals surface area contributed by atoms with Crippen LogP contribution in [0.5, 0.6) is 0 Å². The molecule has 5 heteroatoms. The summed E-state index contributed by atoms with van der Waals surface area (Å²) in [4.78, 5) is 13.1. The lowest BCUT2D eigenvalue weighted by Crippen LogP contribution is -2.41. The fourth-order valence-electron chi connectivity index (χ4n) is 2.64. The molecule has 3 aromatic rings. The number of thiophene rings is 2. The van der Waals surface area contributed by atoms with Crippen molar-refractivity contribution in [1.82, 2.24) is 5.32 Å². The molecular weight excluding hydrogens is 338 g/mol. The molecule has 2 aromatic heterocycles. The third kappa shape index (κ3) is 3.75. The number of aryl methyl sites for hydroxylation is 1. The highest BCUT2D eigenvalue weighted by molar-refractivity contribution is 7.10. The molecule has 0 fully saturated rings. The second-order valence-corrected chi connectivity index (χ2v) is 7.52. The van der Waals surface area contributed by atoms with Gasteiger partial charge in [0.05, 0.1) is 13.0 Å². The monoisotopic (exact) mass is 357 g/mol. The van der Waals surface area contributed by atoms with Crippen molar-refractivity contribution in [2.45, 2.75) is 18.9 Å². The number of benzene rings is 1. The van der Waals surface area contributed by atoms with Gasteiger partial charge >= 0.3 is 0 Å². The van der Waals surface area contributed by atoms with Gasteiger partial charge in [-0.2, -0.15) is 11.3 Å². The lowest BCUT2D eigenvalue weighted by atomic mass is 9.94. The molecule has 1 aromatic carbocycles. The van der Waals surface area contributed by atoms with Gasteiger partial charge in [-0.05, 0) is 40.8 Å². The topological polar surface area (TPSA) is 49.3 Å². The number of rotatable bonds is 6. The van der Waals surface area contributed by atoms with Crippen LogP contribution in [0.15, 0.2) is 58.6 Å². The van der Waals surface area contributed by atoms with E-state index in [-0.39, 0.29) is 12.5 Å². The minimum absolute atomic E-state index is 0.0918. The Morgan fingerprint density at radius 2 is 2.08 bits per heavy atom. The van der Waals surface area contributed by atoms with Crippen LogP contribution in [0.1, 0.15) is 21.6 Å². The van der Waals surface area contributed by atoms with Crippen LogP contribution in [0.3, 0.4) is 0 Å². The van der Waals surface area contributed by atoms with E-state index in [1.807, 2.05) is 65.5 Å². The predicted octanol–water partition coefficient (Wildman–Crippen LogP) is 3.71. The Kier molecular flexibility index (Phi) is 5.14. The van der Waals surface area contributed by atoms with Crippen molar-refractivity contribution >= 4 is 28.6 Å². The number of carbonyl (C=O) groups is 1. The summed E-state index contributed by atoms with van der Waals surface area (Å²) in [5, 5.41) is 19.9. The molecule has 3 rings (SSSR count). The van der Waals surface area contributed by atoms with E-state index in [4.69, 9.17) is 0 Å². The smallest absolute Gasteiger partial charge is 0.224 e. The van der Waals surface area contributed by atoms with Crippen molar-refractivity contribution in [2.75, 3.05) is 6.54 Å². The minimum atomic E-state index is -1.18. The van der Waals surface area contributed by atoms with E-state index in [2.05, 4.69) is 5.32 Å². The Morgan fingerprint density at radius 3 is 2.75 bits per heavy atom. The summed E-state index contributed by atoms with van der Waals surface area (Å²) in [6, 6.07) is 13.6. The number of amides is 1. The van der Waals surface area contributed by atoms with E-state index in [0.29, 0.717) is 6.42 Å². The third-order valence-electron chi connectivity index (χ3n) is 3.92. The van der Waals surface area contributed by atoms with Gasteiger partial charge < -0.3 is 10.4 Å². The zero-order chi connectivity index (χ0) is 17.0. The Morgan fingerprint density at radius 1 is 1.21 bits per heavy atom. The molecule has 0 saturated carbocycles. The van der Waals surface area contributed by atoms with Crippen molar-refractivity contribution in [2.24, 2.45) is 0 Å². The lowest BCUT2D eigenvalue weighted by molar-refractivity contribution is -0.121. The normalized spacial score (nSPS) is 13.4. The number of aliphatic hydroxyl groups is 1. The van der Waals surface area contributed by atoms with Gasteiger partial charge in [0.2, 0.25) is 5.91 Å². The highest BCUT2D eigenvalue weighted by Crippen LogP contribution is 2.33. The number of carbonyl (C=O) groups excluding carboxylic acids is 1. The maximum absolute atomic E-state index is 12.3. The van der Waals surface area contributed by atoms with E-state index in [1.54, 1.807) is 0 Å². The average molecular weight is 358 g/mol. The summed E-state index contributed by atoms with van der Waals surface area (Å²) in [5.41, 5.74) is 1.73. The Balaban J connectivity index is 1.71. The standard InChI is InChI=1S/C19H19NO2S2/c1-14-4-2-5-15(10-14)11-18(21)20-13-19(22,16-7-9-23-12-16)17-6-3-8-24-17/h2-10,12,22H,11,13H2,1H3,(H,20,21). The zero-order valence-corrected chi connectivity index (χ0v) is 15.0. The second-order valence-electron chi connectivity index (χ2n) is 5.79. The quantitative estimate of drug-likeness (QED) is 0.706. The van der Waals surface area contributed by atoms with Gasteiger partial charge in [-0.3, -0.25) is 4.79 Å². The molecule has 0 radical (unpaired) electrons. The maximum Gasteiger partial charge on any atom is 0.224 e. The zero-order valence-electron chi connectivity index (χ0n) is 13.4. The van der Waals surface area contributed by atoms with E-state index in [0.717, 1.165) is 21.6 Å². The first-order chi connectivity index (χ1) is 11.6. The number of nitrogens with one attached hydrogen (secondary N) is 1. The van der Waals surface area contributed by atoms with Crippen LogP contribution >= 0.6 is 22.7 Å². The predicted molar refractivity (Wildman–Crippen MR) is 99.5 cm³/mol. The molecule has 0 aliphatic rings. The van der Waals surface area contributed by atoms with Gasteiger partial charge in [-0.1, -0.05) is 35.9 Å². The van der Waals surface area contributed by atoms with Crippen LogP contribution in [-0.4, -0.2) is 17.6 Å². The maximum atomic E-state index is 12.3. The molecule has 0 aliphatic heterocycles. The highest BCUT2D eigenvalue weighted by atomic mass is 32.1. The van der Waals surface area contributed by atoms with Crippen LogP contribution < -0.4 is 5.32 Å². The van der Waals surface area contributed by atoms with Crippen LogP contribution in [0.2, 0.25) is 0 Å². The molecule has 0 aliphatic carbocycles. The van der Waals surface area contributed by atoms with Crippen molar-refractivity contribution in [3.63, 3.8) is 0 Å². The van der Waals surface area contributed by atoms with Gasteiger partial charge in [0.1, 0.15) is 5.60 Å². The minimum Gasteiger partial charge on any atom is -0.378 e. The lowest BCUT2D eigenvalue weighted by Gasteiger charge is -2.27. The Labute approximate surface area is 149 Å². The molecule has 1 amide bonds. The highest BCUT2D eigenvalue weighted by Gasteiger charge is 2.33. The molecule has 0 saturated heterocycles. The molecule has 0 bridgehead atoms. The van der Waals surface area contributed by atoms with Crippen LogP contribution in [0, 0.1) is 6.92 Å². The summed E-state index contributed by atoms with van der Waals surface area (Å²) >= 11 is 3.02. The summed E-state index contributed by atoms with van der Waals surface area (Å²) in [7, 11) is 0. The van der Waals surface area contributed by atoms with Gasteiger partial charge in [0.25, 0.3) is 0 Å². The fourth-order valence-corrected chi connectivity index (χ4v) is 4.21. The van der Waals surface area contributed by atoms with Crippen molar-refractivity contribution in [3.05, 3.63) is 80.2 Å². The molecule has 124 valence electrons. The molecular formula is C19H19NO2S2. The first-order valence-electron chi connectivity index (χ1n) is 7.69. The number of hydrogen-bond donors (Lipinski definition) is 2. The molecule has 1 unspecified atom stereocenters. The molecule has 3 nitrogen and oxygen atoms in total. The van der Waals surface area contributed by atoms with Crippen LogP contribution in [-0.2, 0) is 16.8 Å². The first-order valence-corrected chi connectivity index (χ1v) is 9.51. The van der Waals surface area contributed by atoms with Crippen LogP contribution in [0.25, 0.3) is 0 Å². The SMILES string of the molecule is Cc1cccc(CC(=O)NCC(O)(c2ccsc2)c2cccs2)c1. The van der Waals surface area contributed by atoms with Gasteiger partial charge in [-0.25, -0.2) is 0 Å². The molecule has 1 atom stereocenters. The summed E-state index contributed by atoms with van der Waals surface area (Å²) in [6.07, 6.45) is 0.311. The van der Waals surface area contributed by atoms with Gasteiger partial charge in [0, 0.05) is 10.4 Å². The largest absolute Gasteiger partial charge is 0.378 e. The van der Waals surface area contributed by atoms with Gasteiger partial charge in [0.15, 0.2) is 0 Å². The summed E-state index contributed by atoms with van der Waals surface area (Å²) in [6.45, 7) is 2.17. The average Bonchev–Trinajstić information content (AvgIpc) is 3.26. The number of hydrogen-bond acceptors (Lipinski definition) is 4.